The van der Waals surface area contributed by atoms with Gasteiger partial charge in [0.05, 0.1) is 0 Å². The second kappa shape index (κ2) is 7.24. The maximum Gasteiger partial charge on any atom is 0.0462 e. The molecule has 1 fully saturated rings. The highest BCUT2D eigenvalue weighted by Crippen LogP contribution is 2.27. The van der Waals surface area contributed by atoms with E-state index in [9.17, 15) is 0 Å². The van der Waals surface area contributed by atoms with Crippen LogP contribution in [0.1, 0.15) is 45.4 Å². The van der Waals surface area contributed by atoms with Crippen LogP contribution in [0.3, 0.4) is 0 Å². The average molecular weight is 199 g/mol. The van der Waals surface area contributed by atoms with Gasteiger partial charge in [-0.3, -0.25) is 0 Å². The van der Waals surface area contributed by atoms with Crippen molar-refractivity contribution in [2.24, 2.45) is 5.92 Å². The van der Waals surface area contributed by atoms with Crippen LogP contribution in [0.25, 0.3) is 0 Å². The summed E-state index contributed by atoms with van der Waals surface area (Å²) in [6, 6.07) is 0.783. The lowest BCUT2D eigenvalue weighted by atomic mass is 9.82. The molecule has 0 heterocycles. The van der Waals surface area contributed by atoms with Gasteiger partial charge < -0.3 is 10.1 Å². The maximum absolute atomic E-state index is 5.11. The zero-order valence-corrected chi connectivity index (χ0v) is 9.72. The van der Waals surface area contributed by atoms with Crippen molar-refractivity contribution in [2.75, 3.05) is 20.3 Å². The quantitative estimate of drug-likeness (QED) is 0.664. The number of methoxy groups -OCH3 is 1. The predicted molar refractivity (Wildman–Crippen MR) is 60.5 cm³/mol. The number of rotatable bonds is 6. The van der Waals surface area contributed by atoms with Crippen LogP contribution >= 0.6 is 0 Å². The molecule has 0 amide bonds. The number of hydrogen-bond donors (Lipinski definition) is 1. The monoisotopic (exact) mass is 199 g/mol. The highest BCUT2D eigenvalue weighted by atomic mass is 16.5. The van der Waals surface area contributed by atoms with Crippen molar-refractivity contribution in [3.8, 4) is 0 Å². The van der Waals surface area contributed by atoms with Crippen LogP contribution in [0.4, 0.5) is 0 Å². The fourth-order valence-electron chi connectivity index (χ4n) is 2.57. The van der Waals surface area contributed by atoms with Crippen molar-refractivity contribution in [3.05, 3.63) is 0 Å². The summed E-state index contributed by atoms with van der Waals surface area (Å²) < 4.78 is 5.11. The third kappa shape index (κ3) is 3.97. The van der Waals surface area contributed by atoms with E-state index < -0.39 is 0 Å². The Bertz CT molecular complexity index is 136. The number of ether oxygens (including phenoxy) is 1. The molecule has 0 bridgehead atoms. The second-order valence-electron chi connectivity index (χ2n) is 4.34. The Hall–Kier alpha value is -0.0800. The third-order valence-electron chi connectivity index (χ3n) is 3.30. The van der Waals surface area contributed by atoms with Gasteiger partial charge in [-0.25, -0.2) is 0 Å². The minimum atomic E-state index is 0.783. The molecule has 0 aromatic carbocycles. The smallest absolute Gasteiger partial charge is 0.0462 e. The molecule has 2 atom stereocenters. The normalized spacial score (nSPS) is 27.9. The molecule has 2 heteroatoms. The van der Waals surface area contributed by atoms with Gasteiger partial charge in [0.25, 0.3) is 0 Å². The molecular formula is C12H25NO. The Morgan fingerprint density at radius 2 is 2.07 bits per heavy atom. The summed E-state index contributed by atoms with van der Waals surface area (Å²) in [6.45, 7) is 4.25. The lowest BCUT2D eigenvalue weighted by Gasteiger charge is -2.32. The van der Waals surface area contributed by atoms with Crippen molar-refractivity contribution >= 4 is 0 Å². The van der Waals surface area contributed by atoms with Gasteiger partial charge in [-0.1, -0.05) is 19.8 Å². The summed E-state index contributed by atoms with van der Waals surface area (Å²) >= 11 is 0. The molecule has 84 valence electrons. The molecule has 0 aromatic heterocycles. The van der Waals surface area contributed by atoms with E-state index in [1.54, 1.807) is 7.11 Å². The van der Waals surface area contributed by atoms with E-state index in [-0.39, 0.29) is 0 Å². The van der Waals surface area contributed by atoms with Gasteiger partial charge >= 0.3 is 0 Å². The number of nitrogens with one attached hydrogen (secondary N) is 1. The zero-order chi connectivity index (χ0) is 10.2. The van der Waals surface area contributed by atoms with E-state index in [0.717, 1.165) is 25.1 Å². The largest absolute Gasteiger partial charge is 0.385 e. The van der Waals surface area contributed by atoms with Crippen LogP contribution in [0.5, 0.6) is 0 Å². The van der Waals surface area contributed by atoms with Gasteiger partial charge in [-0.2, -0.15) is 0 Å². The molecule has 1 saturated carbocycles. The Balaban J connectivity index is 2.22. The number of hydrogen-bond acceptors (Lipinski definition) is 2. The molecule has 1 aliphatic carbocycles. The van der Waals surface area contributed by atoms with Crippen molar-refractivity contribution in [2.45, 2.75) is 51.5 Å². The van der Waals surface area contributed by atoms with E-state index in [0.29, 0.717) is 0 Å². The molecule has 0 aromatic rings. The first-order chi connectivity index (χ1) is 6.88. The molecule has 1 N–H and O–H groups in total. The van der Waals surface area contributed by atoms with Crippen molar-refractivity contribution in [1.29, 1.82) is 0 Å². The standard InChI is InChI=1S/C12H25NO/c1-3-13-12-9-5-4-7-11(12)8-6-10-14-2/h11-13H,3-10H2,1-2H3. The van der Waals surface area contributed by atoms with E-state index in [1.165, 1.54) is 38.5 Å². The molecule has 1 rings (SSSR count). The van der Waals surface area contributed by atoms with E-state index in [1.807, 2.05) is 0 Å². The first-order valence-electron chi connectivity index (χ1n) is 6.10. The highest BCUT2D eigenvalue weighted by molar-refractivity contribution is 4.80. The molecule has 0 spiro atoms. The fourth-order valence-corrected chi connectivity index (χ4v) is 2.57. The topological polar surface area (TPSA) is 21.3 Å². The summed E-state index contributed by atoms with van der Waals surface area (Å²) in [6.07, 6.45) is 8.21. The summed E-state index contributed by atoms with van der Waals surface area (Å²) in [5.41, 5.74) is 0. The van der Waals surface area contributed by atoms with Crippen molar-refractivity contribution < 1.29 is 4.74 Å². The van der Waals surface area contributed by atoms with Crippen LogP contribution in [0, 0.1) is 5.92 Å². The first kappa shape index (κ1) is 12.0. The van der Waals surface area contributed by atoms with Gasteiger partial charge in [0.15, 0.2) is 0 Å². The summed E-state index contributed by atoms with van der Waals surface area (Å²) in [5, 5.41) is 3.62. The maximum atomic E-state index is 5.11. The molecule has 0 radical (unpaired) electrons. The van der Waals surface area contributed by atoms with Crippen LogP contribution in [0.2, 0.25) is 0 Å². The SMILES string of the molecule is CCNC1CCCCC1CCCOC. The van der Waals surface area contributed by atoms with Crippen LogP contribution in [-0.4, -0.2) is 26.3 Å². The van der Waals surface area contributed by atoms with Crippen molar-refractivity contribution in [1.82, 2.24) is 5.32 Å². The zero-order valence-electron chi connectivity index (χ0n) is 9.72. The van der Waals surface area contributed by atoms with Gasteiger partial charge in [-0.15, -0.1) is 0 Å². The lowest BCUT2D eigenvalue weighted by molar-refractivity contribution is 0.172. The van der Waals surface area contributed by atoms with Gasteiger partial charge in [0.1, 0.15) is 0 Å². The van der Waals surface area contributed by atoms with Crippen LogP contribution in [0.15, 0.2) is 0 Å². The van der Waals surface area contributed by atoms with E-state index in [4.69, 9.17) is 4.74 Å². The van der Waals surface area contributed by atoms with E-state index >= 15 is 0 Å². The minimum absolute atomic E-state index is 0.783. The van der Waals surface area contributed by atoms with Gasteiger partial charge in [0, 0.05) is 19.8 Å². The van der Waals surface area contributed by atoms with Crippen LogP contribution in [-0.2, 0) is 4.74 Å². The fraction of sp³-hybridized carbons (Fsp3) is 1.00. The lowest BCUT2D eigenvalue weighted by Crippen LogP contribution is -2.38. The summed E-state index contributed by atoms with van der Waals surface area (Å²) in [4.78, 5) is 0. The van der Waals surface area contributed by atoms with Gasteiger partial charge in [-0.05, 0) is 38.1 Å². The molecule has 2 nitrogen and oxygen atoms in total. The van der Waals surface area contributed by atoms with E-state index in [2.05, 4.69) is 12.2 Å². The molecule has 0 saturated heterocycles. The Morgan fingerprint density at radius 1 is 1.29 bits per heavy atom. The minimum Gasteiger partial charge on any atom is -0.385 e. The second-order valence-corrected chi connectivity index (χ2v) is 4.34. The molecule has 14 heavy (non-hydrogen) atoms. The molecule has 0 aliphatic heterocycles. The Labute approximate surface area is 88.4 Å². The van der Waals surface area contributed by atoms with Crippen LogP contribution < -0.4 is 5.32 Å². The summed E-state index contributed by atoms with van der Waals surface area (Å²) in [7, 11) is 1.79. The predicted octanol–water partition coefficient (Wildman–Crippen LogP) is 2.58. The highest BCUT2D eigenvalue weighted by Gasteiger charge is 2.23. The Morgan fingerprint density at radius 3 is 2.79 bits per heavy atom. The van der Waals surface area contributed by atoms with Gasteiger partial charge in [0.2, 0.25) is 0 Å². The average Bonchev–Trinajstić information content (AvgIpc) is 2.21. The Kier molecular flexibility index (Phi) is 6.20. The molecular weight excluding hydrogens is 174 g/mol. The first-order valence-corrected chi connectivity index (χ1v) is 6.10. The summed E-state index contributed by atoms with van der Waals surface area (Å²) in [5.74, 6) is 0.902. The molecule has 1 aliphatic rings. The van der Waals surface area contributed by atoms with Crippen molar-refractivity contribution in [3.63, 3.8) is 0 Å². The third-order valence-corrected chi connectivity index (χ3v) is 3.30. The molecule has 2 unspecified atom stereocenters.